The molecule has 5 aliphatic rings. The smallest absolute Gasteiger partial charge is 0.000456 e. The minimum atomic E-state index is 1.08. The summed E-state index contributed by atoms with van der Waals surface area (Å²) in [7, 11) is 0. The molecule has 20 rings (SSSR count). The number of benzene rings is 15. The van der Waals surface area contributed by atoms with Crippen LogP contribution >= 0.6 is 0 Å². The van der Waals surface area contributed by atoms with E-state index in [-0.39, 0.29) is 0 Å². The Bertz CT molecular complexity index is 5650. The van der Waals surface area contributed by atoms with Gasteiger partial charge in [0.1, 0.15) is 0 Å². The molecule has 0 heterocycles. The molecule has 15 aromatic rings. The topological polar surface area (TPSA) is 0 Å². The molecule has 0 spiro atoms. The fraction of sp³-hybridized carbons (Fsp3) is 0.158. The van der Waals surface area contributed by atoms with Crippen molar-refractivity contribution in [2.45, 2.75) is 101 Å². The van der Waals surface area contributed by atoms with Gasteiger partial charge in [-0.2, -0.15) is 0 Å². The summed E-state index contributed by atoms with van der Waals surface area (Å²) in [5.74, 6) is 0. The molecule has 0 N–H and O–H groups in total. The Morgan fingerprint density at radius 2 is 0.579 bits per heavy atom. The lowest BCUT2D eigenvalue weighted by atomic mass is 9.90. The Morgan fingerprint density at radius 1 is 0.179 bits per heavy atom. The second kappa shape index (κ2) is 23.9. The predicted octanol–water partition coefficient (Wildman–Crippen LogP) is 25.1. The van der Waals surface area contributed by atoms with Crippen LogP contribution in [0, 0.1) is 69.2 Å². The van der Waals surface area contributed by atoms with Gasteiger partial charge in [0, 0.05) is 0 Å². The molecule has 0 aromatic heterocycles. The van der Waals surface area contributed by atoms with Crippen molar-refractivity contribution >= 4 is 53.9 Å². The molecule has 95 heavy (non-hydrogen) atoms. The first-order valence-electron chi connectivity index (χ1n) is 34.3. The summed E-state index contributed by atoms with van der Waals surface area (Å²) < 4.78 is 0. The highest BCUT2D eigenvalue weighted by Crippen LogP contribution is 2.48. The van der Waals surface area contributed by atoms with E-state index in [9.17, 15) is 0 Å². The zero-order valence-electron chi connectivity index (χ0n) is 56.6. The molecular weight excluding hydrogens is 1140 g/mol. The second-order valence-electron chi connectivity index (χ2n) is 27.7. The highest BCUT2D eigenvalue weighted by Gasteiger charge is 2.27. The predicted molar refractivity (Wildman–Crippen MR) is 408 cm³/mol. The minimum Gasteiger partial charge on any atom is -0.0619 e. The third-order valence-corrected chi connectivity index (χ3v) is 22.6. The SMILES string of the molecule is Cc1c2c(c3ccccc3c1C)-c1ccccc1C2.Cc1cc2c(cc1C)-c1ccc3ccccc3c1C2.Cc1ccc2c(c1C)Cc1c-2ccc2ccccc12.Cc1ccc2c(c1C)Cc1cc3ccccc3cc1-2.Cc1ccc2c(c1C)Cc1ccc3ccccc3c1-2. The molecule has 15 aromatic carbocycles. The molecule has 0 saturated heterocycles. The van der Waals surface area contributed by atoms with Crippen molar-refractivity contribution < 1.29 is 0 Å². The van der Waals surface area contributed by atoms with Gasteiger partial charge in [0.25, 0.3) is 0 Å². The molecule has 460 valence electrons. The van der Waals surface area contributed by atoms with Gasteiger partial charge in [-0.05, 0) is 328 Å². The van der Waals surface area contributed by atoms with Gasteiger partial charge in [0.15, 0.2) is 0 Å². The van der Waals surface area contributed by atoms with E-state index in [1.807, 2.05) is 0 Å². The van der Waals surface area contributed by atoms with Crippen LogP contribution < -0.4 is 0 Å². The summed E-state index contributed by atoms with van der Waals surface area (Å²) in [6.45, 7) is 22.3. The first-order valence-corrected chi connectivity index (χ1v) is 34.3. The van der Waals surface area contributed by atoms with Crippen LogP contribution in [0.1, 0.15) is 111 Å². The fourth-order valence-corrected chi connectivity index (χ4v) is 16.5. The lowest BCUT2D eigenvalue weighted by Crippen LogP contribution is -1.93. The number of aryl methyl sites for hydroxylation is 6. The molecule has 0 unspecified atom stereocenters. The van der Waals surface area contributed by atoms with Crippen LogP contribution in [0.3, 0.4) is 0 Å². The van der Waals surface area contributed by atoms with E-state index in [0.29, 0.717) is 0 Å². The number of hydrogen-bond donors (Lipinski definition) is 0. The second-order valence-corrected chi connectivity index (χ2v) is 27.7. The molecular formula is C95H80. The molecule has 0 bridgehead atoms. The third-order valence-electron chi connectivity index (χ3n) is 22.6. The maximum atomic E-state index is 2.36. The lowest BCUT2D eigenvalue weighted by molar-refractivity contribution is 1.19. The molecule has 0 nitrogen and oxygen atoms in total. The first kappa shape index (κ1) is 59.6. The maximum Gasteiger partial charge on any atom is -0.000456 e. The van der Waals surface area contributed by atoms with E-state index < -0.39 is 0 Å². The molecule has 0 aliphatic heterocycles. The van der Waals surface area contributed by atoms with Gasteiger partial charge in [-0.3, -0.25) is 0 Å². The van der Waals surface area contributed by atoms with Gasteiger partial charge < -0.3 is 0 Å². The van der Waals surface area contributed by atoms with E-state index in [1.54, 1.807) is 0 Å². The molecule has 0 atom stereocenters. The largest absolute Gasteiger partial charge is 0.0619 e. The van der Waals surface area contributed by atoms with Crippen LogP contribution in [-0.4, -0.2) is 0 Å². The van der Waals surface area contributed by atoms with Crippen LogP contribution in [0.2, 0.25) is 0 Å². The molecule has 0 heteroatoms. The fourth-order valence-electron chi connectivity index (χ4n) is 16.5. The Hall–Kier alpha value is -10.4. The highest BCUT2D eigenvalue weighted by molar-refractivity contribution is 6.05. The quantitative estimate of drug-likeness (QED) is 0.142. The molecule has 0 fully saturated rings. The molecule has 0 saturated carbocycles. The van der Waals surface area contributed by atoms with E-state index in [2.05, 4.69) is 312 Å². The summed E-state index contributed by atoms with van der Waals surface area (Å²) in [5.41, 5.74) is 43.6. The lowest BCUT2D eigenvalue weighted by Gasteiger charge is -2.13. The van der Waals surface area contributed by atoms with Crippen molar-refractivity contribution in [3.8, 4) is 55.6 Å². The van der Waals surface area contributed by atoms with Crippen molar-refractivity contribution in [1.82, 2.24) is 0 Å². The van der Waals surface area contributed by atoms with Crippen LogP contribution in [0.15, 0.2) is 243 Å². The maximum absolute atomic E-state index is 2.36. The number of fused-ring (bicyclic) bond motifs is 24. The zero-order valence-corrected chi connectivity index (χ0v) is 56.6. The van der Waals surface area contributed by atoms with Gasteiger partial charge >= 0.3 is 0 Å². The van der Waals surface area contributed by atoms with Crippen molar-refractivity contribution in [3.63, 3.8) is 0 Å². The average Bonchev–Trinajstić information content (AvgIpc) is 1.66. The number of hydrogen-bond acceptors (Lipinski definition) is 0. The summed E-state index contributed by atoms with van der Waals surface area (Å²) in [6.07, 6.45) is 5.42. The van der Waals surface area contributed by atoms with E-state index >= 15 is 0 Å². The summed E-state index contributed by atoms with van der Waals surface area (Å²) in [5, 5.41) is 13.7. The summed E-state index contributed by atoms with van der Waals surface area (Å²) in [6, 6.07) is 89.1. The Balaban J connectivity index is 0.0000000937. The number of rotatable bonds is 0. The molecule has 0 amide bonds. The monoisotopic (exact) mass is 1220 g/mol. The Morgan fingerprint density at radius 3 is 1.23 bits per heavy atom. The van der Waals surface area contributed by atoms with Gasteiger partial charge in [-0.1, -0.05) is 237 Å². The normalized spacial score (nSPS) is 12.5. The molecule has 0 radical (unpaired) electrons. The van der Waals surface area contributed by atoms with Crippen LogP contribution in [0.4, 0.5) is 0 Å². The van der Waals surface area contributed by atoms with Crippen molar-refractivity contribution in [1.29, 1.82) is 0 Å². The van der Waals surface area contributed by atoms with Crippen molar-refractivity contribution in [2.24, 2.45) is 0 Å². The minimum absolute atomic E-state index is 1.08. The Labute approximate surface area is 561 Å². The third kappa shape index (κ3) is 10.2. The van der Waals surface area contributed by atoms with E-state index in [1.165, 1.54) is 221 Å². The molecule has 5 aliphatic carbocycles. The average molecular weight is 1220 g/mol. The van der Waals surface area contributed by atoms with Crippen LogP contribution in [-0.2, 0) is 32.1 Å². The van der Waals surface area contributed by atoms with E-state index in [0.717, 1.165) is 32.1 Å². The summed E-state index contributed by atoms with van der Waals surface area (Å²) >= 11 is 0. The van der Waals surface area contributed by atoms with Crippen LogP contribution in [0.25, 0.3) is 109 Å². The van der Waals surface area contributed by atoms with Crippen molar-refractivity contribution in [3.05, 3.63) is 354 Å². The zero-order chi connectivity index (χ0) is 64.9. The van der Waals surface area contributed by atoms with Gasteiger partial charge in [0.2, 0.25) is 0 Å². The standard InChI is InChI=1S/5C19H16/c1-12-13(2)18-11-14-7-3-4-9-16(14)19(18)17-10-6-5-8-15(12)17;1-12-7-10-17-18(13(12)2)11-15-9-8-14-5-3-4-6-16(14)19(15)17;1-12-7-9-16-17-10-8-14-5-3-4-6-15(14)19(17)11-18(16)13(12)2;1-12-9-15-11-19-16-6-4-3-5-14(16)7-8-17(19)18(15)10-13(12)2;1-12-7-8-17-18(13(12)2)11-16-9-14-5-3-4-6-15(14)10-19(16)17/h5*3-10H,11H2,1-2H3. The first-order chi connectivity index (χ1) is 46.3. The Kier molecular flexibility index (Phi) is 15.0. The van der Waals surface area contributed by atoms with Gasteiger partial charge in [0.05, 0.1) is 0 Å². The van der Waals surface area contributed by atoms with Crippen LogP contribution in [0.5, 0.6) is 0 Å². The van der Waals surface area contributed by atoms with Gasteiger partial charge in [-0.15, -0.1) is 0 Å². The van der Waals surface area contributed by atoms with Crippen molar-refractivity contribution in [2.75, 3.05) is 0 Å². The highest BCUT2D eigenvalue weighted by atomic mass is 14.3. The van der Waals surface area contributed by atoms with Gasteiger partial charge in [-0.25, -0.2) is 0 Å². The summed E-state index contributed by atoms with van der Waals surface area (Å²) in [4.78, 5) is 0. The van der Waals surface area contributed by atoms with E-state index in [4.69, 9.17) is 0 Å².